The van der Waals surface area contributed by atoms with Crippen molar-refractivity contribution < 1.29 is 28.6 Å². The molecule has 4 rings (SSSR count). The maximum absolute atomic E-state index is 13.4. The van der Waals surface area contributed by atoms with Crippen molar-refractivity contribution in [3.8, 4) is 28.3 Å². The molecule has 1 aliphatic rings. The van der Waals surface area contributed by atoms with Crippen molar-refractivity contribution in [1.29, 1.82) is 0 Å². The molecule has 0 spiro atoms. The van der Waals surface area contributed by atoms with Crippen molar-refractivity contribution in [3.05, 3.63) is 90.8 Å². The number of rotatable bonds is 17. The second kappa shape index (κ2) is 21.2. The molecule has 0 aliphatic carbocycles. The van der Waals surface area contributed by atoms with E-state index >= 15 is 0 Å². The average Bonchev–Trinajstić information content (AvgIpc) is 3.14. The standard InChI is InChI=1S/C38H46N4O6.C2H6/c1-5-8-9-10-11-20-47-33-18-16-29(17-19-33)31-22-39-35(40-23-31)30-14-12-28(13-15-30)21-34(41-38(45)48-26-27(6-2)7-3)36(43)42-24-32(25-42)37(44)46-4;1-2/h6-7,12-19,22-23,32,34H,2,5,8-11,20-21,24-26H2,1,3-4H3,(H,41,45);1-2H3/b27-7+;. The predicted octanol–water partition coefficient (Wildman–Crippen LogP) is 7.59. The van der Waals surface area contributed by atoms with Crippen LogP contribution in [0, 0.1) is 5.92 Å². The van der Waals surface area contributed by atoms with Gasteiger partial charge in [-0.05, 0) is 42.2 Å². The number of ether oxygens (including phenoxy) is 3. The summed E-state index contributed by atoms with van der Waals surface area (Å²) < 4.78 is 16.0. The molecule has 50 heavy (non-hydrogen) atoms. The lowest BCUT2D eigenvalue weighted by Crippen LogP contribution is -2.59. The molecule has 1 aliphatic heterocycles. The predicted molar refractivity (Wildman–Crippen MR) is 197 cm³/mol. The van der Waals surface area contributed by atoms with Crippen molar-refractivity contribution in [1.82, 2.24) is 20.2 Å². The summed E-state index contributed by atoms with van der Waals surface area (Å²) in [4.78, 5) is 48.6. The molecular weight excluding hydrogens is 632 g/mol. The second-order valence-electron chi connectivity index (χ2n) is 11.8. The van der Waals surface area contributed by atoms with Crippen LogP contribution in [0.25, 0.3) is 22.5 Å². The van der Waals surface area contributed by atoms with Gasteiger partial charge in [0.25, 0.3) is 0 Å². The van der Waals surface area contributed by atoms with Crippen LogP contribution in [0.3, 0.4) is 0 Å². The van der Waals surface area contributed by atoms with E-state index in [9.17, 15) is 14.4 Å². The minimum absolute atomic E-state index is 0.0351. The molecule has 10 heteroatoms. The van der Waals surface area contributed by atoms with Gasteiger partial charge in [-0.3, -0.25) is 9.59 Å². The molecule has 1 saturated heterocycles. The number of aromatic nitrogens is 2. The Balaban J connectivity index is 0.00000332. The van der Waals surface area contributed by atoms with Crippen molar-refractivity contribution in [2.24, 2.45) is 5.92 Å². The third-order valence-electron chi connectivity index (χ3n) is 8.33. The van der Waals surface area contributed by atoms with Crippen LogP contribution in [0.2, 0.25) is 0 Å². The molecule has 1 unspecified atom stereocenters. The van der Waals surface area contributed by atoms with E-state index in [4.69, 9.17) is 14.2 Å². The zero-order valence-corrected chi connectivity index (χ0v) is 30.2. The lowest BCUT2D eigenvalue weighted by atomic mass is 9.97. The summed E-state index contributed by atoms with van der Waals surface area (Å²) in [5.74, 6) is 0.397. The number of nitrogens with one attached hydrogen (secondary N) is 1. The molecule has 3 aromatic rings. The maximum atomic E-state index is 13.4. The molecule has 2 amide bonds. The van der Waals surface area contributed by atoms with Crippen LogP contribution in [0.1, 0.15) is 65.4 Å². The lowest BCUT2D eigenvalue weighted by molar-refractivity contribution is -0.156. The summed E-state index contributed by atoms with van der Waals surface area (Å²) in [6, 6.07) is 14.6. The van der Waals surface area contributed by atoms with E-state index in [2.05, 4.69) is 28.8 Å². The number of methoxy groups -OCH3 is 1. The summed E-state index contributed by atoms with van der Waals surface area (Å²) in [5.41, 5.74) is 4.28. The number of unbranched alkanes of at least 4 members (excludes halogenated alkanes) is 4. The van der Waals surface area contributed by atoms with Crippen molar-refractivity contribution >= 4 is 18.0 Å². The van der Waals surface area contributed by atoms with Crippen LogP contribution in [0.5, 0.6) is 5.75 Å². The van der Waals surface area contributed by atoms with Gasteiger partial charge in [0.15, 0.2) is 5.82 Å². The van der Waals surface area contributed by atoms with Gasteiger partial charge in [-0.15, -0.1) is 0 Å². The number of carbonyl (C=O) groups is 3. The van der Waals surface area contributed by atoms with Gasteiger partial charge in [0.05, 0.1) is 19.6 Å². The van der Waals surface area contributed by atoms with E-state index in [0.29, 0.717) is 5.82 Å². The van der Waals surface area contributed by atoms with Crippen molar-refractivity contribution in [2.45, 2.75) is 72.3 Å². The van der Waals surface area contributed by atoms with Crippen molar-refractivity contribution in [3.63, 3.8) is 0 Å². The molecule has 0 bridgehead atoms. The highest BCUT2D eigenvalue weighted by molar-refractivity contribution is 5.88. The van der Waals surface area contributed by atoms with Gasteiger partial charge in [0.2, 0.25) is 5.91 Å². The summed E-state index contributed by atoms with van der Waals surface area (Å²) in [7, 11) is 1.32. The zero-order valence-electron chi connectivity index (χ0n) is 30.2. The monoisotopic (exact) mass is 684 g/mol. The van der Waals surface area contributed by atoms with Crippen LogP contribution >= 0.6 is 0 Å². The summed E-state index contributed by atoms with van der Waals surface area (Å²) in [5, 5.41) is 2.70. The Kier molecular flexibility index (Phi) is 16.7. The molecule has 2 heterocycles. The number of carbonyl (C=O) groups excluding carboxylic acids is 3. The van der Waals surface area contributed by atoms with Gasteiger partial charge in [0.1, 0.15) is 18.4 Å². The highest BCUT2D eigenvalue weighted by Gasteiger charge is 2.39. The SMILES string of the molecule is C=C/C(=C\C)COC(=O)NC(Cc1ccc(-c2ncc(-c3ccc(OCCCCCCC)cc3)cn2)cc1)C(=O)N1CC(C(=O)OC)C1.CC. The molecule has 1 aromatic heterocycles. The highest BCUT2D eigenvalue weighted by Crippen LogP contribution is 2.24. The second-order valence-corrected chi connectivity index (χ2v) is 11.8. The molecule has 0 radical (unpaired) electrons. The van der Waals surface area contributed by atoms with Gasteiger partial charge in [-0.2, -0.15) is 0 Å². The third-order valence-corrected chi connectivity index (χ3v) is 8.33. The van der Waals surface area contributed by atoms with Crippen LogP contribution in [0.15, 0.2) is 85.2 Å². The number of hydrogen-bond acceptors (Lipinski definition) is 8. The Labute approximate surface area is 296 Å². The Bertz CT molecular complexity index is 1530. The lowest BCUT2D eigenvalue weighted by Gasteiger charge is -2.39. The number of alkyl carbamates (subject to hydrolysis) is 1. The largest absolute Gasteiger partial charge is 0.494 e. The molecule has 2 aromatic carbocycles. The van der Waals surface area contributed by atoms with Crippen molar-refractivity contribution in [2.75, 3.05) is 33.4 Å². The number of allylic oxidation sites excluding steroid dienone is 1. The molecule has 268 valence electrons. The molecule has 0 saturated carbocycles. The fraction of sp³-hybridized carbons (Fsp3) is 0.425. The quantitative estimate of drug-likeness (QED) is 0.0878. The van der Waals surface area contributed by atoms with Crippen LogP contribution in [0.4, 0.5) is 4.79 Å². The number of benzene rings is 2. The van der Waals surface area contributed by atoms with E-state index < -0.39 is 12.1 Å². The Morgan fingerprint density at radius 1 is 0.940 bits per heavy atom. The van der Waals surface area contributed by atoms with E-state index in [1.165, 1.54) is 37.7 Å². The molecular formula is C40H52N4O6. The summed E-state index contributed by atoms with van der Waals surface area (Å²) >= 11 is 0. The topological polar surface area (TPSA) is 120 Å². The fourth-order valence-electron chi connectivity index (χ4n) is 5.28. The zero-order chi connectivity index (χ0) is 36.3. The molecule has 1 atom stereocenters. The van der Waals surface area contributed by atoms with Crippen LogP contribution in [-0.4, -0.2) is 72.3 Å². The van der Waals surface area contributed by atoms with Gasteiger partial charge < -0.3 is 24.4 Å². The van der Waals surface area contributed by atoms with Gasteiger partial charge in [-0.25, -0.2) is 14.8 Å². The van der Waals surface area contributed by atoms with E-state index in [1.54, 1.807) is 24.5 Å². The molecule has 1 N–H and O–H groups in total. The summed E-state index contributed by atoms with van der Waals surface area (Å²) in [6.07, 6.45) is 12.5. The maximum Gasteiger partial charge on any atom is 0.408 e. The number of likely N-dealkylation sites (tertiary alicyclic amines) is 1. The van der Waals surface area contributed by atoms with Crippen LogP contribution in [-0.2, 0) is 25.5 Å². The van der Waals surface area contributed by atoms with Gasteiger partial charge in [-0.1, -0.05) is 102 Å². The first-order valence-corrected chi connectivity index (χ1v) is 17.6. The minimum atomic E-state index is -0.891. The first kappa shape index (κ1) is 39.4. The Morgan fingerprint density at radius 2 is 1.58 bits per heavy atom. The van der Waals surface area contributed by atoms with E-state index in [0.717, 1.165) is 46.6 Å². The average molecular weight is 685 g/mol. The molecule has 10 nitrogen and oxygen atoms in total. The van der Waals surface area contributed by atoms with Gasteiger partial charge >= 0.3 is 12.1 Å². The smallest absolute Gasteiger partial charge is 0.408 e. The number of esters is 1. The normalized spacial score (nSPS) is 13.2. The summed E-state index contributed by atoms with van der Waals surface area (Å²) in [6.45, 7) is 13.0. The number of amides is 2. The first-order chi connectivity index (χ1) is 24.3. The first-order valence-electron chi connectivity index (χ1n) is 17.6. The van der Waals surface area contributed by atoms with E-state index in [-0.39, 0.29) is 43.9 Å². The molecule has 1 fully saturated rings. The van der Waals surface area contributed by atoms with Crippen LogP contribution < -0.4 is 10.1 Å². The number of hydrogen-bond donors (Lipinski definition) is 1. The Morgan fingerprint density at radius 3 is 2.18 bits per heavy atom. The fourth-order valence-corrected chi connectivity index (χ4v) is 5.28. The van der Waals surface area contributed by atoms with Gasteiger partial charge in [0, 0.05) is 43.0 Å². The third kappa shape index (κ3) is 11.9. The minimum Gasteiger partial charge on any atom is -0.494 e. The Hall–Kier alpha value is -4.99. The highest BCUT2D eigenvalue weighted by atomic mass is 16.5. The number of nitrogens with zero attached hydrogens (tertiary/aromatic N) is 3. The van der Waals surface area contributed by atoms with E-state index in [1.807, 2.05) is 69.3 Å².